The Morgan fingerprint density at radius 2 is 1.55 bits per heavy atom. The highest BCUT2D eigenvalue weighted by Gasteiger charge is 2.25. The number of carbonyl (C=O) groups is 2. The van der Waals surface area contributed by atoms with E-state index in [-0.39, 0.29) is 13.0 Å². The first-order chi connectivity index (χ1) is 15.9. The van der Waals surface area contributed by atoms with Gasteiger partial charge in [0.15, 0.2) is 6.10 Å². The Bertz CT molecular complexity index is 594. The van der Waals surface area contributed by atoms with Crippen molar-refractivity contribution in [3.8, 4) is 0 Å². The summed E-state index contributed by atoms with van der Waals surface area (Å²) in [6.45, 7) is -0.298. The number of aliphatic carboxylic acids is 1. The average molecular weight is 446 g/mol. The van der Waals surface area contributed by atoms with E-state index in [0.29, 0.717) is 6.42 Å². The minimum absolute atomic E-state index is 0.156. The van der Waals surface area contributed by atoms with Crippen molar-refractivity contribution in [2.45, 2.75) is 109 Å². The summed E-state index contributed by atoms with van der Waals surface area (Å²) in [6, 6.07) is 0. The van der Waals surface area contributed by atoms with Crippen LogP contribution in [0.4, 0.5) is 0 Å². The van der Waals surface area contributed by atoms with Gasteiger partial charge >= 0.3 is 11.9 Å². The lowest BCUT2D eigenvalue weighted by atomic mass is 10.1. The van der Waals surface area contributed by atoms with Crippen molar-refractivity contribution < 1.29 is 33.1 Å². The van der Waals surface area contributed by atoms with Gasteiger partial charge in [-0.25, -0.2) is 0 Å². The first-order valence-electron chi connectivity index (χ1n) is 13.5. The number of nitrogens with zero attached hydrogens (tertiary/aromatic N) is 1. The van der Waals surface area contributed by atoms with Crippen LogP contribution in [-0.4, -0.2) is 66.5 Å². The molecule has 0 rings (SSSR count). The molecule has 0 aliphatic heterocycles. The van der Waals surface area contributed by atoms with Gasteiger partial charge in [0, 0.05) is 0 Å². The van der Waals surface area contributed by atoms with Gasteiger partial charge in [-0.2, -0.15) is 0 Å². The predicted octanol–water partition coefficient (Wildman–Crippen LogP) is 5.09. The largest absolute Gasteiger partial charge is 0.481 e. The van der Waals surface area contributed by atoms with E-state index in [1.165, 1.54) is 52.6 Å². The van der Waals surface area contributed by atoms with Crippen molar-refractivity contribution in [2.24, 2.45) is 0 Å². The van der Waals surface area contributed by atoms with Crippen LogP contribution in [0.1, 0.15) is 101 Å². The summed E-state index contributed by atoms with van der Waals surface area (Å²) < 4.78 is 27.5. The van der Waals surface area contributed by atoms with Gasteiger partial charge in [-0.05, 0) is 32.1 Å². The molecule has 0 aromatic rings. The molecule has 0 saturated heterocycles. The normalized spacial score (nSPS) is 15.8. The fraction of sp³-hybridized carbons (Fsp3) is 0.840. The van der Waals surface area contributed by atoms with E-state index in [0.717, 1.165) is 32.1 Å². The smallest absolute Gasteiger partial charge is 0.308 e. The standard InChI is InChI=1S/C25H47NO5/c1-5-6-7-8-9-10-11-12-13-14-15-16-17-18-22(27)19-25(30)31-23(20-24(28)29)21-26(2,3)4/h12-13,22-23,27H,5-11,14-21H2,1-4H3/p+1/b13-12-/t22?,23-/m1/s1/i2D3. The molecular formula is C25H48NO5+. The molecular weight excluding hydrogens is 394 g/mol. The molecule has 0 bridgehead atoms. The lowest BCUT2D eigenvalue weighted by molar-refractivity contribution is -0.873. The lowest BCUT2D eigenvalue weighted by Gasteiger charge is -2.28. The van der Waals surface area contributed by atoms with E-state index in [1.54, 1.807) is 0 Å². The van der Waals surface area contributed by atoms with Crippen molar-refractivity contribution in [3.63, 3.8) is 0 Å². The summed E-state index contributed by atoms with van der Waals surface area (Å²) >= 11 is 0. The predicted molar refractivity (Wildman–Crippen MR) is 126 cm³/mol. The molecule has 2 N–H and O–H groups in total. The molecule has 0 amide bonds. The minimum Gasteiger partial charge on any atom is -0.481 e. The Labute approximate surface area is 194 Å². The van der Waals surface area contributed by atoms with Gasteiger partial charge < -0.3 is 19.4 Å². The molecule has 0 aliphatic rings. The second-order valence-corrected chi connectivity index (χ2v) is 9.10. The molecule has 31 heavy (non-hydrogen) atoms. The van der Waals surface area contributed by atoms with Crippen LogP contribution in [0.2, 0.25) is 0 Å². The Balaban J connectivity index is 4.09. The lowest BCUT2D eigenvalue weighted by Crippen LogP contribution is -2.44. The van der Waals surface area contributed by atoms with E-state index in [2.05, 4.69) is 19.1 Å². The Kier molecular flexibility index (Phi) is 14.2. The maximum absolute atomic E-state index is 12.2. The van der Waals surface area contributed by atoms with Crippen LogP contribution < -0.4 is 0 Å². The molecule has 0 heterocycles. The molecule has 0 spiro atoms. The molecule has 0 radical (unpaired) electrons. The zero-order valence-corrected chi connectivity index (χ0v) is 20.0. The monoisotopic (exact) mass is 445 g/mol. The van der Waals surface area contributed by atoms with Crippen molar-refractivity contribution >= 4 is 11.9 Å². The number of carbonyl (C=O) groups excluding carboxylic acids is 1. The molecule has 1 unspecified atom stereocenters. The van der Waals surface area contributed by atoms with Crippen LogP contribution in [0.5, 0.6) is 0 Å². The van der Waals surface area contributed by atoms with E-state index in [9.17, 15) is 14.7 Å². The van der Waals surface area contributed by atoms with Crippen LogP contribution in [0.3, 0.4) is 0 Å². The van der Waals surface area contributed by atoms with E-state index < -0.39 is 42.0 Å². The van der Waals surface area contributed by atoms with Crippen molar-refractivity contribution in [1.29, 1.82) is 0 Å². The molecule has 0 fully saturated rings. The zero-order chi connectivity index (χ0) is 26.0. The van der Waals surface area contributed by atoms with E-state index in [4.69, 9.17) is 14.0 Å². The molecule has 0 aromatic heterocycles. The second kappa shape index (κ2) is 18.2. The molecule has 0 aromatic carbocycles. The molecule has 2 atom stereocenters. The van der Waals surface area contributed by atoms with Gasteiger partial charge in [0.05, 0.1) is 44.1 Å². The number of ether oxygens (including phenoxy) is 1. The number of carboxylic acids is 1. The van der Waals surface area contributed by atoms with E-state index >= 15 is 0 Å². The Hall–Kier alpha value is -1.40. The second-order valence-electron chi connectivity index (χ2n) is 9.10. The van der Waals surface area contributed by atoms with Crippen LogP contribution in [0, 0.1) is 0 Å². The number of hydrogen-bond acceptors (Lipinski definition) is 4. The van der Waals surface area contributed by atoms with E-state index in [1.807, 2.05) is 0 Å². The van der Waals surface area contributed by atoms with Gasteiger partial charge in [0.2, 0.25) is 0 Å². The third-order valence-electron chi connectivity index (χ3n) is 5.06. The quantitative estimate of drug-likeness (QED) is 0.118. The van der Waals surface area contributed by atoms with Crippen LogP contribution >= 0.6 is 0 Å². The third-order valence-corrected chi connectivity index (χ3v) is 5.06. The SMILES string of the molecule is [2H]C([2H])([2H])[N+](C)(C)C[C@@H](CC(=O)O)OC(=O)CC(O)CCCCC/C=C\CCCCCCCC. The molecule has 6 heteroatoms. The van der Waals surface area contributed by atoms with Crippen molar-refractivity contribution in [1.82, 2.24) is 0 Å². The summed E-state index contributed by atoms with van der Waals surface area (Å²) in [5, 5.41) is 19.2. The van der Waals surface area contributed by atoms with Gasteiger partial charge in [0.25, 0.3) is 0 Å². The first-order valence-corrected chi connectivity index (χ1v) is 12.0. The number of allylic oxidation sites excluding steroid dienone is 2. The summed E-state index contributed by atoms with van der Waals surface area (Å²) in [7, 11) is 2.88. The summed E-state index contributed by atoms with van der Waals surface area (Å²) in [4.78, 5) is 23.3. The molecule has 0 saturated carbocycles. The number of likely N-dealkylation sites (N-methyl/N-ethyl adjacent to an activating group) is 1. The molecule has 0 aliphatic carbocycles. The van der Waals surface area contributed by atoms with Gasteiger partial charge in [-0.15, -0.1) is 0 Å². The van der Waals surface area contributed by atoms with Crippen LogP contribution in [0.15, 0.2) is 12.2 Å². The van der Waals surface area contributed by atoms with Crippen molar-refractivity contribution in [2.75, 3.05) is 27.6 Å². The average Bonchev–Trinajstić information content (AvgIpc) is 2.69. The van der Waals surface area contributed by atoms with Crippen molar-refractivity contribution in [3.05, 3.63) is 12.2 Å². The molecule has 182 valence electrons. The van der Waals surface area contributed by atoms with Gasteiger partial charge in [-0.1, -0.05) is 64.0 Å². The fourth-order valence-corrected chi connectivity index (χ4v) is 3.47. The Morgan fingerprint density at radius 3 is 2.13 bits per heavy atom. The number of unbranched alkanes of at least 4 members (excludes halogenated alkanes) is 9. The number of esters is 1. The number of aliphatic hydroxyl groups is 1. The Morgan fingerprint density at radius 1 is 0.968 bits per heavy atom. The minimum atomic E-state index is -2.37. The third kappa shape index (κ3) is 21.6. The van der Waals surface area contributed by atoms with Crippen LogP contribution in [-0.2, 0) is 14.3 Å². The number of hydrogen-bond donors (Lipinski definition) is 2. The highest BCUT2D eigenvalue weighted by atomic mass is 16.5. The first kappa shape index (κ1) is 24.2. The maximum atomic E-state index is 12.2. The van der Waals surface area contributed by atoms with Gasteiger partial charge in [0.1, 0.15) is 6.54 Å². The highest BCUT2D eigenvalue weighted by molar-refractivity contribution is 5.71. The molecule has 6 nitrogen and oxygen atoms in total. The maximum Gasteiger partial charge on any atom is 0.308 e. The van der Waals surface area contributed by atoms with Crippen LogP contribution in [0.25, 0.3) is 0 Å². The number of quaternary nitrogens is 1. The number of rotatable bonds is 20. The summed E-state index contributed by atoms with van der Waals surface area (Å²) in [5.74, 6) is -1.88. The highest BCUT2D eigenvalue weighted by Crippen LogP contribution is 2.12. The number of carboxylic acid groups (broad SMARTS) is 1. The summed E-state index contributed by atoms with van der Waals surface area (Å²) in [6.07, 6.45) is 15.1. The fourth-order valence-electron chi connectivity index (χ4n) is 3.47. The zero-order valence-electron chi connectivity index (χ0n) is 23.0. The summed E-state index contributed by atoms with van der Waals surface area (Å²) in [5.41, 5.74) is 0. The topological polar surface area (TPSA) is 83.8 Å². The number of aliphatic hydroxyl groups excluding tert-OH is 1. The van der Waals surface area contributed by atoms with Gasteiger partial charge in [-0.3, -0.25) is 9.59 Å².